The highest BCUT2D eigenvalue weighted by molar-refractivity contribution is 7.09. The van der Waals surface area contributed by atoms with E-state index in [0.717, 1.165) is 56.9 Å². The molecule has 282 valence electrons. The zero-order valence-corrected chi connectivity index (χ0v) is 31.7. The third kappa shape index (κ3) is 8.74. The number of carbonyl (C=O) groups is 3. The molecular weight excluding hydrogens is 673 g/mol. The quantitative estimate of drug-likeness (QED) is 0.321. The third-order valence-corrected chi connectivity index (χ3v) is 13.5. The Kier molecular flexibility index (Phi) is 12.3. The molecule has 52 heavy (non-hydrogen) atoms. The molecule has 5 aliphatic rings. The van der Waals surface area contributed by atoms with Crippen molar-refractivity contribution in [3.63, 3.8) is 0 Å². The number of amides is 2. The van der Waals surface area contributed by atoms with Crippen LogP contribution in [0.15, 0.2) is 52.8 Å². The molecule has 0 unspecified atom stereocenters. The number of ether oxygens (including phenoxy) is 1. The van der Waals surface area contributed by atoms with E-state index in [-0.39, 0.29) is 53.7 Å². The molecule has 4 fully saturated rings. The maximum atomic E-state index is 15.0. The van der Waals surface area contributed by atoms with E-state index in [4.69, 9.17) is 15.5 Å². The van der Waals surface area contributed by atoms with Gasteiger partial charge in [0.2, 0.25) is 11.8 Å². The Hall–Kier alpha value is -3.28. The number of nitrogens with one attached hydrogen (secondary N) is 1. The number of benzene rings is 1. The van der Waals surface area contributed by atoms with Crippen LogP contribution in [-0.4, -0.2) is 101 Å². The topological polar surface area (TPSA) is 121 Å². The van der Waals surface area contributed by atoms with Crippen LogP contribution >= 0.6 is 11.3 Å². The summed E-state index contributed by atoms with van der Waals surface area (Å²) in [6, 6.07) is 14.6. The molecule has 1 aromatic heterocycles. The zero-order chi connectivity index (χ0) is 36.0. The number of ketones is 1. The highest BCUT2D eigenvalue weighted by atomic mass is 32.1. The van der Waals surface area contributed by atoms with Gasteiger partial charge in [-0.3, -0.25) is 14.4 Å². The molecule has 11 heteroatoms. The fourth-order valence-electron chi connectivity index (χ4n) is 9.46. The normalized spacial score (nSPS) is 30.7. The van der Waals surface area contributed by atoms with E-state index in [9.17, 15) is 9.59 Å². The highest BCUT2D eigenvalue weighted by Gasteiger charge is 2.44. The number of piperidine rings is 1. The Morgan fingerprint density at radius 1 is 0.923 bits per heavy atom. The second-order valence-corrected chi connectivity index (χ2v) is 16.9. The molecule has 0 spiro atoms. The van der Waals surface area contributed by atoms with Crippen LogP contribution in [0.3, 0.4) is 0 Å². The van der Waals surface area contributed by atoms with Gasteiger partial charge in [0.15, 0.2) is 5.78 Å². The number of nitrogens with two attached hydrogens (primary N) is 1. The molecule has 2 aliphatic carbocycles. The first-order valence-corrected chi connectivity index (χ1v) is 20.9. The molecule has 0 bridgehead atoms. The molecule has 7 rings (SSSR count). The fourth-order valence-corrected chi connectivity index (χ4v) is 10.2. The molecule has 1 aromatic carbocycles. The number of piperazine rings is 1. The molecule has 2 amide bonds. The van der Waals surface area contributed by atoms with Crippen molar-refractivity contribution in [3.05, 3.63) is 58.3 Å². The van der Waals surface area contributed by atoms with Crippen LogP contribution in [0.25, 0.3) is 0 Å². The summed E-state index contributed by atoms with van der Waals surface area (Å²) < 4.78 is 6.48. The number of carbonyl (C=O) groups excluding carboxylic acids is 3. The maximum absolute atomic E-state index is 15.0. The first-order chi connectivity index (χ1) is 25.3. The van der Waals surface area contributed by atoms with Crippen LogP contribution in [0.4, 0.5) is 0 Å². The molecule has 3 N–H and O–H groups in total. The van der Waals surface area contributed by atoms with Gasteiger partial charge < -0.3 is 30.5 Å². The lowest BCUT2D eigenvalue weighted by Crippen LogP contribution is -2.64. The Morgan fingerprint density at radius 3 is 2.37 bits per heavy atom. The number of amidine groups is 1. The molecule has 2 saturated heterocycles. The Labute approximate surface area is 313 Å². The van der Waals surface area contributed by atoms with Gasteiger partial charge in [0, 0.05) is 48.9 Å². The molecule has 10 nitrogen and oxygen atoms in total. The van der Waals surface area contributed by atoms with Crippen LogP contribution in [0.2, 0.25) is 0 Å². The van der Waals surface area contributed by atoms with Crippen molar-refractivity contribution in [2.24, 2.45) is 22.6 Å². The summed E-state index contributed by atoms with van der Waals surface area (Å²) in [5.41, 5.74) is 6.76. The van der Waals surface area contributed by atoms with Crippen LogP contribution in [-0.2, 0) is 25.5 Å². The monoisotopic (exact) mass is 730 g/mol. The number of rotatable bonds is 11. The smallest absolute Gasteiger partial charge is 0.288 e. The Bertz CT molecular complexity index is 1510. The number of nitrogens with zero attached hydrogens (tertiary/aromatic N) is 4. The maximum Gasteiger partial charge on any atom is 0.288 e. The first kappa shape index (κ1) is 37.1. The van der Waals surface area contributed by atoms with Gasteiger partial charge in [-0.05, 0) is 114 Å². The predicted molar refractivity (Wildman–Crippen MR) is 205 cm³/mol. The summed E-state index contributed by atoms with van der Waals surface area (Å²) in [4.78, 5) is 54.0. The van der Waals surface area contributed by atoms with E-state index in [1.165, 1.54) is 37.2 Å². The number of hydrogen-bond acceptors (Lipinski definition) is 9. The largest absolute Gasteiger partial charge is 0.455 e. The average Bonchev–Trinajstić information content (AvgIpc) is 3.86. The molecule has 4 atom stereocenters. The highest BCUT2D eigenvalue weighted by Crippen LogP contribution is 2.35. The van der Waals surface area contributed by atoms with Gasteiger partial charge in [-0.15, -0.1) is 11.3 Å². The number of primary amides is 1. The number of thiophene rings is 1. The number of aliphatic imine (C=N–C) groups is 1. The van der Waals surface area contributed by atoms with Crippen LogP contribution < -0.4 is 11.1 Å². The minimum Gasteiger partial charge on any atom is -0.455 e. The van der Waals surface area contributed by atoms with Crippen molar-refractivity contribution in [3.8, 4) is 0 Å². The average molecular weight is 731 g/mol. The van der Waals surface area contributed by atoms with E-state index in [0.29, 0.717) is 44.5 Å². The lowest BCUT2D eigenvalue weighted by Gasteiger charge is -2.45. The molecule has 2 saturated carbocycles. The van der Waals surface area contributed by atoms with Crippen LogP contribution in [0.1, 0.15) is 101 Å². The van der Waals surface area contributed by atoms with Crippen molar-refractivity contribution in [1.82, 2.24) is 20.0 Å². The van der Waals surface area contributed by atoms with Gasteiger partial charge in [-0.2, -0.15) is 0 Å². The van der Waals surface area contributed by atoms with Gasteiger partial charge in [-0.1, -0.05) is 42.8 Å². The summed E-state index contributed by atoms with van der Waals surface area (Å²) in [6.07, 6.45) is 12.2. The number of Topliss-reactive ketones (excluding diaryl/α,β-unsaturated/α-hetero) is 1. The Morgan fingerprint density at radius 2 is 1.67 bits per heavy atom. The second-order valence-electron chi connectivity index (χ2n) is 15.9. The van der Waals surface area contributed by atoms with E-state index >= 15 is 4.79 Å². The van der Waals surface area contributed by atoms with Gasteiger partial charge in [0.25, 0.3) is 6.02 Å². The van der Waals surface area contributed by atoms with E-state index in [1.807, 2.05) is 34.5 Å². The minimum atomic E-state index is -0.585. The van der Waals surface area contributed by atoms with E-state index in [2.05, 4.69) is 40.2 Å². The molecule has 0 radical (unpaired) electrons. The van der Waals surface area contributed by atoms with Crippen molar-refractivity contribution in [2.45, 2.75) is 127 Å². The lowest BCUT2D eigenvalue weighted by atomic mass is 9.78. The van der Waals surface area contributed by atoms with E-state index in [1.54, 1.807) is 11.3 Å². The second kappa shape index (κ2) is 17.2. The summed E-state index contributed by atoms with van der Waals surface area (Å²) in [5, 5.41) is 5.90. The van der Waals surface area contributed by atoms with Gasteiger partial charge in [0.1, 0.15) is 12.1 Å². The van der Waals surface area contributed by atoms with Gasteiger partial charge in [0.05, 0.1) is 12.1 Å². The third-order valence-electron chi connectivity index (χ3n) is 12.5. The summed E-state index contributed by atoms with van der Waals surface area (Å²) in [7, 11) is 0. The molecule has 4 heterocycles. The Balaban J connectivity index is 1.09. The van der Waals surface area contributed by atoms with Crippen LogP contribution in [0, 0.1) is 11.8 Å². The molecule has 3 aliphatic heterocycles. The lowest BCUT2D eigenvalue weighted by molar-refractivity contribution is -0.146. The van der Waals surface area contributed by atoms with Gasteiger partial charge in [-0.25, -0.2) is 4.99 Å². The van der Waals surface area contributed by atoms with Gasteiger partial charge >= 0.3 is 0 Å². The standard InChI is InChI=1S/C41H58N6O4S/c1-28-38(30-9-4-2-5-10-30)51-41(43-28)46-24-25-47(35(27-46)36(48)21-20-34-11-8-26-52-34)40(50)37(44-32-16-12-31(13-17-32)39(42)49)29-14-18-33(19-15-29)45-22-6-3-7-23-45/h2,4-5,8-11,26,28-29,31-33,35,37-38,44H,3,6-7,12-25,27H2,1H3,(H2,42,49)/t28-,29?,31?,32?,33?,35-,37+,38+/m0/s1. The van der Waals surface area contributed by atoms with Crippen molar-refractivity contribution < 1.29 is 19.1 Å². The summed E-state index contributed by atoms with van der Waals surface area (Å²) >= 11 is 1.67. The zero-order valence-electron chi connectivity index (χ0n) is 30.9. The van der Waals surface area contributed by atoms with Crippen molar-refractivity contribution in [2.75, 3.05) is 32.7 Å². The number of likely N-dealkylation sites (tertiary alicyclic amines) is 1. The summed E-state index contributed by atoms with van der Waals surface area (Å²) in [6.45, 7) is 5.83. The van der Waals surface area contributed by atoms with Crippen molar-refractivity contribution >= 4 is 35.0 Å². The van der Waals surface area contributed by atoms with Crippen LogP contribution in [0.5, 0.6) is 0 Å². The summed E-state index contributed by atoms with van der Waals surface area (Å²) in [5.74, 6) is 0.0432. The minimum absolute atomic E-state index is 0.0525. The SMILES string of the molecule is C[C@@H]1N=C(N2CCN(C(=O)[C@H](NC3CCC(C(N)=O)CC3)C3CCC(N4CCCCC4)CC3)[C@H](C(=O)CCc3cccs3)C2)O[C@H]1c1ccccc1. The van der Waals surface area contributed by atoms with Crippen molar-refractivity contribution in [1.29, 1.82) is 0 Å². The number of hydrogen-bond donors (Lipinski definition) is 2. The number of aryl methyl sites for hydroxylation is 1. The molecular formula is C41H58N6O4S. The fraction of sp³-hybridized carbons (Fsp3) is 0.659. The first-order valence-electron chi connectivity index (χ1n) is 20.0. The molecule has 2 aromatic rings. The predicted octanol–water partition coefficient (Wildman–Crippen LogP) is 5.33. The van der Waals surface area contributed by atoms with E-state index < -0.39 is 6.04 Å².